The van der Waals surface area contributed by atoms with Crippen molar-refractivity contribution in [3.05, 3.63) is 66.0 Å². The molecule has 0 radical (unpaired) electrons. The summed E-state index contributed by atoms with van der Waals surface area (Å²) in [5.41, 5.74) is 2.45. The van der Waals surface area contributed by atoms with Gasteiger partial charge < -0.3 is 5.41 Å². The Bertz CT molecular complexity index is 435. The standard InChI is InChI=1S/C13H12N2/c14-12(13-8-4-5-9-15-13)10-11-6-2-1-3-7-11/h1-9,14H,10H2. The molecule has 15 heavy (non-hydrogen) atoms. The van der Waals surface area contributed by atoms with Gasteiger partial charge in [-0.2, -0.15) is 0 Å². The molecule has 1 heterocycles. The maximum atomic E-state index is 7.90. The average Bonchev–Trinajstić information content (AvgIpc) is 2.31. The van der Waals surface area contributed by atoms with Gasteiger partial charge in [0.1, 0.15) is 0 Å². The third-order valence-corrected chi connectivity index (χ3v) is 2.20. The van der Waals surface area contributed by atoms with E-state index in [2.05, 4.69) is 4.98 Å². The number of aromatic nitrogens is 1. The lowest BCUT2D eigenvalue weighted by Crippen LogP contribution is -2.05. The van der Waals surface area contributed by atoms with Crippen molar-refractivity contribution in [3.63, 3.8) is 0 Å². The van der Waals surface area contributed by atoms with E-state index in [1.807, 2.05) is 48.5 Å². The number of benzene rings is 1. The average molecular weight is 196 g/mol. The second kappa shape index (κ2) is 4.51. The van der Waals surface area contributed by atoms with Crippen molar-refractivity contribution in [3.8, 4) is 0 Å². The molecule has 2 aromatic rings. The zero-order valence-corrected chi connectivity index (χ0v) is 8.35. The Morgan fingerprint density at radius 1 is 1.00 bits per heavy atom. The van der Waals surface area contributed by atoms with Crippen molar-refractivity contribution >= 4 is 5.71 Å². The fourth-order valence-corrected chi connectivity index (χ4v) is 1.43. The largest absolute Gasteiger partial charge is 0.303 e. The Balaban J connectivity index is 2.12. The van der Waals surface area contributed by atoms with Crippen LogP contribution in [-0.4, -0.2) is 10.7 Å². The molecule has 0 saturated carbocycles. The Hall–Kier alpha value is -1.96. The summed E-state index contributed by atoms with van der Waals surface area (Å²) >= 11 is 0. The maximum absolute atomic E-state index is 7.90. The third kappa shape index (κ3) is 2.50. The van der Waals surface area contributed by atoms with Crippen LogP contribution in [-0.2, 0) is 6.42 Å². The molecule has 0 spiro atoms. The molecule has 74 valence electrons. The first kappa shape index (κ1) is 9.59. The van der Waals surface area contributed by atoms with Crippen LogP contribution in [0, 0.1) is 5.41 Å². The quantitative estimate of drug-likeness (QED) is 0.753. The third-order valence-electron chi connectivity index (χ3n) is 2.20. The van der Waals surface area contributed by atoms with E-state index < -0.39 is 0 Å². The summed E-state index contributed by atoms with van der Waals surface area (Å²) in [6.45, 7) is 0. The number of hydrogen-bond acceptors (Lipinski definition) is 2. The SMILES string of the molecule is N=C(Cc1ccccc1)c1ccccn1. The molecule has 1 aromatic carbocycles. The summed E-state index contributed by atoms with van der Waals surface area (Å²) in [6.07, 6.45) is 2.35. The van der Waals surface area contributed by atoms with Crippen molar-refractivity contribution in [1.29, 1.82) is 5.41 Å². The predicted octanol–water partition coefficient (Wildman–Crippen LogP) is 2.69. The Labute approximate surface area is 89.1 Å². The highest BCUT2D eigenvalue weighted by Gasteiger charge is 2.02. The molecule has 0 aliphatic carbocycles. The van der Waals surface area contributed by atoms with Crippen molar-refractivity contribution in [2.24, 2.45) is 0 Å². The van der Waals surface area contributed by atoms with Crippen LogP contribution in [0.25, 0.3) is 0 Å². The minimum absolute atomic E-state index is 0.557. The summed E-state index contributed by atoms with van der Waals surface area (Å²) in [5.74, 6) is 0. The lowest BCUT2D eigenvalue weighted by atomic mass is 10.1. The molecule has 0 unspecified atom stereocenters. The summed E-state index contributed by atoms with van der Waals surface area (Å²) in [6, 6.07) is 15.6. The lowest BCUT2D eigenvalue weighted by Gasteiger charge is -2.02. The van der Waals surface area contributed by atoms with Crippen LogP contribution in [0.1, 0.15) is 11.3 Å². The van der Waals surface area contributed by atoms with E-state index >= 15 is 0 Å². The lowest BCUT2D eigenvalue weighted by molar-refractivity contribution is 1.21. The Morgan fingerprint density at radius 2 is 1.73 bits per heavy atom. The van der Waals surface area contributed by atoms with Crippen LogP contribution < -0.4 is 0 Å². The van der Waals surface area contributed by atoms with Crippen molar-refractivity contribution < 1.29 is 0 Å². The zero-order valence-electron chi connectivity index (χ0n) is 8.35. The van der Waals surface area contributed by atoms with Crippen LogP contribution in [0.15, 0.2) is 54.7 Å². The van der Waals surface area contributed by atoms with E-state index in [1.165, 1.54) is 0 Å². The Morgan fingerprint density at radius 3 is 2.40 bits per heavy atom. The van der Waals surface area contributed by atoms with Crippen molar-refractivity contribution in [2.45, 2.75) is 6.42 Å². The van der Waals surface area contributed by atoms with Gasteiger partial charge in [0.15, 0.2) is 0 Å². The number of nitrogens with zero attached hydrogens (tertiary/aromatic N) is 1. The fourth-order valence-electron chi connectivity index (χ4n) is 1.43. The highest BCUT2D eigenvalue weighted by Crippen LogP contribution is 2.04. The molecule has 0 fully saturated rings. The van der Waals surface area contributed by atoms with Gasteiger partial charge in [-0.15, -0.1) is 0 Å². The van der Waals surface area contributed by atoms with Crippen LogP contribution in [0.3, 0.4) is 0 Å². The Kier molecular flexibility index (Phi) is 2.88. The van der Waals surface area contributed by atoms with Crippen LogP contribution >= 0.6 is 0 Å². The van der Waals surface area contributed by atoms with Crippen LogP contribution in [0.5, 0.6) is 0 Å². The zero-order chi connectivity index (χ0) is 10.5. The second-order valence-electron chi connectivity index (χ2n) is 3.36. The molecule has 2 nitrogen and oxygen atoms in total. The van der Waals surface area contributed by atoms with Gasteiger partial charge in [-0.3, -0.25) is 4.98 Å². The van der Waals surface area contributed by atoms with Gasteiger partial charge in [0, 0.05) is 12.6 Å². The minimum Gasteiger partial charge on any atom is -0.303 e. The number of pyridine rings is 1. The molecule has 2 heteroatoms. The number of nitrogens with one attached hydrogen (secondary N) is 1. The highest BCUT2D eigenvalue weighted by atomic mass is 14.7. The normalized spacial score (nSPS) is 9.87. The van der Waals surface area contributed by atoms with E-state index in [9.17, 15) is 0 Å². The second-order valence-corrected chi connectivity index (χ2v) is 3.36. The van der Waals surface area contributed by atoms with E-state index in [-0.39, 0.29) is 0 Å². The van der Waals surface area contributed by atoms with Gasteiger partial charge in [0.2, 0.25) is 0 Å². The van der Waals surface area contributed by atoms with Gasteiger partial charge in [-0.25, -0.2) is 0 Å². The summed E-state index contributed by atoms with van der Waals surface area (Å²) in [5, 5.41) is 7.90. The molecule has 0 saturated heterocycles. The molecule has 0 amide bonds. The van der Waals surface area contributed by atoms with Gasteiger partial charge in [0.05, 0.1) is 11.4 Å². The van der Waals surface area contributed by atoms with Crippen molar-refractivity contribution in [2.75, 3.05) is 0 Å². The topological polar surface area (TPSA) is 36.7 Å². The van der Waals surface area contributed by atoms with Gasteiger partial charge in [-0.1, -0.05) is 36.4 Å². The summed E-state index contributed by atoms with van der Waals surface area (Å²) in [4.78, 5) is 4.15. The maximum Gasteiger partial charge on any atom is 0.0840 e. The first-order valence-corrected chi connectivity index (χ1v) is 4.89. The van der Waals surface area contributed by atoms with Crippen molar-refractivity contribution in [1.82, 2.24) is 4.98 Å². The van der Waals surface area contributed by atoms with Gasteiger partial charge in [0.25, 0.3) is 0 Å². The number of rotatable bonds is 3. The molecule has 1 N–H and O–H groups in total. The molecular weight excluding hydrogens is 184 g/mol. The van der Waals surface area contributed by atoms with Crippen LogP contribution in [0.4, 0.5) is 0 Å². The van der Waals surface area contributed by atoms with Gasteiger partial charge >= 0.3 is 0 Å². The molecule has 2 rings (SSSR count). The first-order valence-electron chi connectivity index (χ1n) is 4.89. The van der Waals surface area contributed by atoms with Crippen LogP contribution in [0.2, 0.25) is 0 Å². The highest BCUT2D eigenvalue weighted by molar-refractivity contribution is 5.97. The van der Waals surface area contributed by atoms with E-state index in [0.29, 0.717) is 12.1 Å². The smallest absolute Gasteiger partial charge is 0.0840 e. The van der Waals surface area contributed by atoms with Gasteiger partial charge in [-0.05, 0) is 17.7 Å². The molecule has 0 atom stereocenters. The predicted molar refractivity (Wildman–Crippen MR) is 61.2 cm³/mol. The molecule has 0 bridgehead atoms. The summed E-state index contributed by atoms with van der Waals surface area (Å²) in [7, 11) is 0. The fraction of sp³-hybridized carbons (Fsp3) is 0.0769. The van der Waals surface area contributed by atoms with E-state index in [4.69, 9.17) is 5.41 Å². The molecule has 0 aliphatic heterocycles. The monoisotopic (exact) mass is 196 g/mol. The molecule has 1 aromatic heterocycles. The van der Waals surface area contributed by atoms with E-state index in [1.54, 1.807) is 6.20 Å². The number of hydrogen-bond donors (Lipinski definition) is 1. The first-order chi connectivity index (χ1) is 7.36. The molecule has 0 aliphatic rings. The summed E-state index contributed by atoms with van der Waals surface area (Å²) < 4.78 is 0. The molecular formula is C13H12N2. The van der Waals surface area contributed by atoms with E-state index in [0.717, 1.165) is 11.3 Å². The minimum atomic E-state index is 0.557.